The molecule has 0 atom stereocenters. The summed E-state index contributed by atoms with van der Waals surface area (Å²) in [5.41, 5.74) is 2.43. The topological polar surface area (TPSA) is 76.9 Å². The Morgan fingerprint density at radius 1 is 0.955 bits per heavy atom. The fourth-order valence-corrected chi connectivity index (χ4v) is 2.31. The van der Waals surface area contributed by atoms with Gasteiger partial charge in [0.2, 0.25) is 0 Å². The number of aromatic nitrogens is 1. The molecule has 0 aliphatic rings. The Hall–Kier alpha value is -3.32. The van der Waals surface area contributed by atoms with Crippen molar-refractivity contribution in [1.82, 2.24) is 4.98 Å². The first-order valence-electron chi connectivity index (χ1n) is 6.71. The van der Waals surface area contributed by atoms with E-state index in [1.54, 1.807) is 30.3 Å². The molecule has 0 saturated carbocycles. The summed E-state index contributed by atoms with van der Waals surface area (Å²) in [6.45, 7) is 0. The zero-order valence-corrected chi connectivity index (χ0v) is 11.6. The third-order valence-corrected chi connectivity index (χ3v) is 3.41. The van der Waals surface area contributed by atoms with Gasteiger partial charge in [-0.15, -0.1) is 0 Å². The molecule has 3 aromatic rings. The summed E-state index contributed by atoms with van der Waals surface area (Å²) in [4.78, 5) is 14.9. The second-order valence-electron chi connectivity index (χ2n) is 4.83. The van der Waals surface area contributed by atoms with E-state index in [1.807, 2.05) is 36.4 Å². The van der Waals surface area contributed by atoms with Crippen molar-refractivity contribution < 1.29 is 5.11 Å². The van der Waals surface area contributed by atoms with Crippen LogP contribution < -0.4 is 5.56 Å². The number of phenols is 1. The van der Waals surface area contributed by atoms with Crippen LogP contribution in [0.3, 0.4) is 0 Å². The molecule has 4 nitrogen and oxygen atoms in total. The predicted molar refractivity (Wildman–Crippen MR) is 84.3 cm³/mol. The number of rotatable bonds is 2. The molecule has 4 heteroatoms. The van der Waals surface area contributed by atoms with Crippen molar-refractivity contribution >= 4 is 0 Å². The first kappa shape index (κ1) is 13.7. The Bertz CT molecular complexity index is 905. The molecular formula is C18H12N2O2. The van der Waals surface area contributed by atoms with Crippen LogP contribution in [0.1, 0.15) is 5.56 Å². The summed E-state index contributed by atoms with van der Waals surface area (Å²) in [5.74, 6) is 0.156. The summed E-state index contributed by atoms with van der Waals surface area (Å²) in [6.07, 6.45) is 0. The zero-order chi connectivity index (χ0) is 15.5. The SMILES string of the molecule is N#Cc1c(-c2ccccc2)cc(-c2ccc(O)cc2)[nH]c1=O. The lowest BCUT2D eigenvalue weighted by Crippen LogP contribution is -2.12. The average molecular weight is 288 g/mol. The van der Waals surface area contributed by atoms with Gasteiger partial charge in [0.1, 0.15) is 17.4 Å². The number of nitrogens with one attached hydrogen (secondary N) is 1. The van der Waals surface area contributed by atoms with Gasteiger partial charge in [-0.2, -0.15) is 5.26 Å². The van der Waals surface area contributed by atoms with Crippen LogP contribution in [-0.4, -0.2) is 10.1 Å². The molecule has 0 aliphatic heterocycles. The number of aromatic hydroxyl groups is 1. The van der Waals surface area contributed by atoms with Crippen molar-refractivity contribution in [3.05, 3.63) is 76.6 Å². The van der Waals surface area contributed by atoms with Crippen LogP contribution in [-0.2, 0) is 0 Å². The minimum atomic E-state index is -0.424. The highest BCUT2D eigenvalue weighted by molar-refractivity contribution is 5.75. The van der Waals surface area contributed by atoms with Crippen LogP contribution in [0.15, 0.2) is 65.5 Å². The minimum Gasteiger partial charge on any atom is -0.508 e. The number of nitrogens with zero attached hydrogens (tertiary/aromatic N) is 1. The van der Waals surface area contributed by atoms with E-state index in [0.717, 1.165) is 11.1 Å². The minimum absolute atomic E-state index is 0.0914. The van der Waals surface area contributed by atoms with Crippen LogP contribution in [0, 0.1) is 11.3 Å². The fraction of sp³-hybridized carbons (Fsp3) is 0. The van der Waals surface area contributed by atoms with Gasteiger partial charge in [0, 0.05) is 11.3 Å². The highest BCUT2D eigenvalue weighted by Gasteiger charge is 2.12. The number of H-pyrrole nitrogens is 1. The number of benzene rings is 2. The highest BCUT2D eigenvalue weighted by atomic mass is 16.3. The summed E-state index contributed by atoms with van der Waals surface area (Å²) < 4.78 is 0. The number of hydrogen-bond acceptors (Lipinski definition) is 3. The normalized spacial score (nSPS) is 10.1. The molecular weight excluding hydrogens is 276 g/mol. The van der Waals surface area contributed by atoms with Crippen molar-refractivity contribution in [3.63, 3.8) is 0 Å². The predicted octanol–water partition coefficient (Wildman–Crippen LogP) is 3.29. The maximum atomic E-state index is 12.2. The Kier molecular flexibility index (Phi) is 3.47. The van der Waals surface area contributed by atoms with Crippen LogP contribution in [0.5, 0.6) is 5.75 Å². The molecule has 0 aliphatic carbocycles. The van der Waals surface area contributed by atoms with Gasteiger partial charge in [-0.1, -0.05) is 30.3 Å². The second kappa shape index (κ2) is 5.58. The van der Waals surface area contributed by atoms with E-state index in [-0.39, 0.29) is 11.3 Å². The highest BCUT2D eigenvalue weighted by Crippen LogP contribution is 2.26. The van der Waals surface area contributed by atoms with Crippen molar-refractivity contribution in [3.8, 4) is 34.2 Å². The summed E-state index contributed by atoms with van der Waals surface area (Å²) in [6, 6.07) is 19.6. The molecule has 1 heterocycles. The molecule has 1 aromatic heterocycles. The van der Waals surface area contributed by atoms with Crippen LogP contribution >= 0.6 is 0 Å². The number of hydrogen-bond donors (Lipinski definition) is 2. The van der Waals surface area contributed by atoms with Gasteiger partial charge in [0.15, 0.2) is 0 Å². The van der Waals surface area contributed by atoms with Gasteiger partial charge in [-0.25, -0.2) is 0 Å². The first-order valence-corrected chi connectivity index (χ1v) is 6.71. The van der Waals surface area contributed by atoms with Gasteiger partial charge in [0.05, 0.1) is 0 Å². The Morgan fingerprint density at radius 2 is 1.64 bits per heavy atom. The molecule has 0 amide bonds. The standard InChI is InChI=1S/C18H12N2O2/c19-11-16-15(12-4-2-1-3-5-12)10-17(20-18(16)22)13-6-8-14(21)9-7-13/h1-10,21H,(H,20,22). The molecule has 0 spiro atoms. The Morgan fingerprint density at radius 3 is 2.27 bits per heavy atom. The van der Waals surface area contributed by atoms with Crippen LogP contribution in [0.25, 0.3) is 22.4 Å². The smallest absolute Gasteiger partial charge is 0.266 e. The molecule has 0 radical (unpaired) electrons. The number of pyridine rings is 1. The summed E-state index contributed by atoms with van der Waals surface area (Å²) in [7, 11) is 0. The Balaban J connectivity index is 2.24. The van der Waals surface area contributed by atoms with Gasteiger partial charge in [-0.3, -0.25) is 4.79 Å². The van der Waals surface area contributed by atoms with E-state index >= 15 is 0 Å². The third-order valence-electron chi connectivity index (χ3n) is 3.41. The van der Waals surface area contributed by atoms with E-state index in [9.17, 15) is 15.2 Å². The lowest BCUT2D eigenvalue weighted by molar-refractivity contribution is 0.475. The van der Waals surface area contributed by atoms with Gasteiger partial charge < -0.3 is 10.1 Å². The second-order valence-corrected chi connectivity index (χ2v) is 4.83. The van der Waals surface area contributed by atoms with Crippen molar-refractivity contribution in [2.75, 3.05) is 0 Å². The maximum absolute atomic E-state index is 12.2. The molecule has 2 N–H and O–H groups in total. The van der Waals surface area contributed by atoms with Gasteiger partial charge >= 0.3 is 0 Å². The monoisotopic (exact) mass is 288 g/mol. The first-order chi connectivity index (χ1) is 10.7. The van der Waals surface area contributed by atoms with Crippen LogP contribution in [0.4, 0.5) is 0 Å². The lowest BCUT2D eigenvalue weighted by atomic mass is 9.99. The van der Waals surface area contributed by atoms with E-state index < -0.39 is 5.56 Å². The summed E-state index contributed by atoms with van der Waals surface area (Å²) >= 11 is 0. The van der Waals surface area contributed by atoms with Gasteiger partial charge in [0.25, 0.3) is 5.56 Å². The maximum Gasteiger partial charge on any atom is 0.266 e. The quantitative estimate of drug-likeness (QED) is 0.759. The largest absolute Gasteiger partial charge is 0.508 e. The van der Waals surface area contributed by atoms with Gasteiger partial charge in [-0.05, 0) is 41.5 Å². The molecule has 3 rings (SSSR count). The molecule has 0 fully saturated rings. The summed E-state index contributed by atoms with van der Waals surface area (Å²) in [5, 5.41) is 18.6. The zero-order valence-electron chi connectivity index (χ0n) is 11.6. The van der Waals surface area contributed by atoms with E-state index in [1.165, 1.54) is 0 Å². The van der Waals surface area contributed by atoms with Crippen molar-refractivity contribution in [1.29, 1.82) is 5.26 Å². The van der Waals surface area contributed by atoms with Crippen molar-refractivity contribution in [2.24, 2.45) is 0 Å². The molecule has 2 aromatic carbocycles. The average Bonchev–Trinajstić information content (AvgIpc) is 2.55. The molecule has 0 saturated heterocycles. The lowest BCUT2D eigenvalue weighted by Gasteiger charge is -2.08. The molecule has 0 unspecified atom stereocenters. The number of aromatic amines is 1. The van der Waals surface area contributed by atoms with E-state index in [0.29, 0.717) is 11.3 Å². The number of nitriles is 1. The molecule has 106 valence electrons. The van der Waals surface area contributed by atoms with E-state index in [4.69, 9.17) is 0 Å². The molecule has 22 heavy (non-hydrogen) atoms. The van der Waals surface area contributed by atoms with Crippen LogP contribution in [0.2, 0.25) is 0 Å². The van der Waals surface area contributed by atoms with E-state index in [2.05, 4.69) is 4.98 Å². The number of phenolic OH excluding ortho intramolecular Hbond substituents is 1. The third kappa shape index (κ3) is 2.48. The van der Waals surface area contributed by atoms with Crippen molar-refractivity contribution in [2.45, 2.75) is 0 Å². The molecule has 0 bridgehead atoms. The Labute approximate surface area is 126 Å². The fourth-order valence-electron chi connectivity index (χ4n) is 2.31.